The SMILES string of the molecule is C[NH+](C)Cc1ccccc1CNC(=O)C[C@@H](NC(=O)c1ccccc1)c1ccccc1. The Morgan fingerprint density at radius 2 is 1.39 bits per heavy atom. The summed E-state index contributed by atoms with van der Waals surface area (Å²) in [5.41, 5.74) is 3.81. The molecule has 5 nitrogen and oxygen atoms in total. The van der Waals surface area contributed by atoms with Crippen molar-refractivity contribution < 1.29 is 14.5 Å². The minimum atomic E-state index is -0.407. The third kappa shape index (κ3) is 6.79. The zero-order valence-corrected chi connectivity index (χ0v) is 18.1. The highest BCUT2D eigenvalue weighted by atomic mass is 16.2. The minimum Gasteiger partial charge on any atom is -0.352 e. The van der Waals surface area contributed by atoms with Gasteiger partial charge in [0.15, 0.2) is 0 Å². The normalized spacial score (nSPS) is 11.7. The maximum Gasteiger partial charge on any atom is 0.251 e. The molecule has 0 aromatic heterocycles. The highest BCUT2D eigenvalue weighted by molar-refractivity contribution is 5.94. The van der Waals surface area contributed by atoms with Crippen LogP contribution in [-0.2, 0) is 17.9 Å². The molecule has 0 aliphatic rings. The van der Waals surface area contributed by atoms with Crippen molar-refractivity contribution in [2.24, 2.45) is 0 Å². The number of hydrogen-bond acceptors (Lipinski definition) is 2. The molecule has 0 bridgehead atoms. The Morgan fingerprint density at radius 3 is 2.03 bits per heavy atom. The molecule has 3 aromatic rings. The third-order valence-electron chi connectivity index (χ3n) is 5.07. The molecule has 1 atom stereocenters. The number of carbonyl (C=O) groups excluding carboxylic acids is 2. The first-order valence-electron chi connectivity index (χ1n) is 10.6. The molecular weight excluding hydrogens is 386 g/mol. The second-order valence-electron chi connectivity index (χ2n) is 7.94. The molecule has 0 heterocycles. The second-order valence-corrected chi connectivity index (χ2v) is 7.94. The molecule has 0 radical (unpaired) electrons. The van der Waals surface area contributed by atoms with Crippen molar-refractivity contribution in [1.82, 2.24) is 10.6 Å². The predicted molar refractivity (Wildman–Crippen MR) is 123 cm³/mol. The lowest BCUT2D eigenvalue weighted by molar-refractivity contribution is -0.872. The fraction of sp³-hybridized carbons (Fsp3) is 0.231. The summed E-state index contributed by atoms with van der Waals surface area (Å²) in [6.45, 7) is 1.36. The molecule has 0 aliphatic carbocycles. The maximum absolute atomic E-state index is 12.8. The largest absolute Gasteiger partial charge is 0.352 e. The first-order chi connectivity index (χ1) is 15.0. The van der Waals surface area contributed by atoms with Crippen molar-refractivity contribution >= 4 is 11.8 Å². The zero-order chi connectivity index (χ0) is 22.1. The minimum absolute atomic E-state index is 0.103. The summed E-state index contributed by atoms with van der Waals surface area (Å²) in [5.74, 6) is -0.296. The van der Waals surface area contributed by atoms with Gasteiger partial charge in [-0.3, -0.25) is 9.59 Å². The van der Waals surface area contributed by atoms with Crippen molar-refractivity contribution in [3.05, 3.63) is 107 Å². The molecule has 3 rings (SSSR count). The van der Waals surface area contributed by atoms with Crippen LogP contribution in [0.3, 0.4) is 0 Å². The van der Waals surface area contributed by atoms with Crippen LogP contribution in [-0.4, -0.2) is 25.9 Å². The van der Waals surface area contributed by atoms with E-state index in [1.807, 2.05) is 66.7 Å². The van der Waals surface area contributed by atoms with E-state index >= 15 is 0 Å². The number of benzene rings is 3. The first kappa shape index (κ1) is 22.2. The van der Waals surface area contributed by atoms with Crippen molar-refractivity contribution in [1.29, 1.82) is 0 Å². The van der Waals surface area contributed by atoms with Gasteiger partial charge in [-0.2, -0.15) is 0 Å². The zero-order valence-electron chi connectivity index (χ0n) is 18.1. The predicted octanol–water partition coefficient (Wildman–Crippen LogP) is 2.51. The molecule has 0 saturated carbocycles. The van der Waals surface area contributed by atoms with E-state index in [2.05, 4.69) is 30.8 Å². The van der Waals surface area contributed by atoms with E-state index in [0.717, 1.165) is 17.7 Å². The Bertz CT molecular complexity index is 988. The van der Waals surface area contributed by atoms with Gasteiger partial charge in [-0.1, -0.05) is 72.8 Å². The lowest BCUT2D eigenvalue weighted by Gasteiger charge is -2.19. The van der Waals surface area contributed by atoms with Crippen LogP contribution in [0.1, 0.15) is 39.5 Å². The Morgan fingerprint density at radius 1 is 0.806 bits per heavy atom. The molecule has 3 N–H and O–H groups in total. The molecular formula is C26H30N3O2+. The van der Waals surface area contributed by atoms with Gasteiger partial charge in [-0.15, -0.1) is 0 Å². The highest BCUT2D eigenvalue weighted by Gasteiger charge is 2.19. The number of amides is 2. The summed E-state index contributed by atoms with van der Waals surface area (Å²) in [6.07, 6.45) is 0.170. The number of hydrogen-bond donors (Lipinski definition) is 3. The number of nitrogens with one attached hydrogen (secondary N) is 3. The molecule has 31 heavy (non-hydrogen) atoms. The summed E-state index contributed by atoms with van der Waals surface area (Å²) >= 11 is 0. The van der Waals surface area contributed by atoms with Crippen LogP contribution in [0.25, 0.3) is 0 Å². The average Bonchev–Trinajstić information content (AvgIpc) is 2.79. The molecule has 0 aliphatic heterocycles. The summed E-state index contributed by atoms with van der Waals surface area (Å²) in [7, 11) is 4.21. The standard InChI is InChI=1S/C26H29N3O2/c1-29(2)19-23-16-10-9-15-22(23)18-27-25(30)17-24(20-11-5-3-6-12-20)28-26(31)21-13-7-4-8-14-21/h3-16,24H,17-19H2,1-2H3,(H,27,30)(H,28,31)/p+1/t24-/m1/s1. The van der Waals surface area contributed by atoms with Gasteiger partial charge in [0, 0.05) is 17.7 Å². The first-order valence-corrected chi connectivity index (χ1v) is 10.6. The topological polar surface area (TPSA) is 62.6 Å². The van der Waals surface area contributed by atoms with E-state index in [-0.39, 0.29) is 18.2 Å². The number of quaternary nitrogens is 1. The van der Waals surface area contributed by atoms with E-state index < -0.39 is 6.04 Å². The van der Waals surface area contributed by atoms with Crippen LogP contribution in [0.5, 0.6) is 0 Å². The average molecular weight is 417 g/mol. The highest BCUT2D eigenvalue weighted by Crippen LogP contribution is 2.18. The molecule has 0 fully saturated rings. The van der Waals surface area contributed by atoms with Crippen LogP contribution in [0.4, 0.5) is 0 Å². The lowest BCUT2D eigenvalue weighted by atomic mass is 10.0. The molecule has 0 saturated heterocycles. The van der Waals surface area contributed by atoms with Crippen LogP contribution in [0, 0.1) is 0 Å². The van der Waals surface area contributed by atoms with Gasteiger partial charge in [-0.25, -0.2) is 0 Å². The van der Waals surface area contributed by atoms with Crippen LogP contribution < -0.4 is 15.5 Å². The van der Waals surface area contributed by atoms with E-state index in [0.29, 0.717) is 12.1 Å². The van der Waals surface area contributed by atoms with E-state index in [1.54, 1.807) is 12.1 Å². The molecule has 0 spiro atoms. The van der Waals surface area contributed by atoms with Gasteiger partial charge in [-0.05, 0) is 23.3 Å². The Balaban J connectivity index is 1.67. The van der Waals surface area contributed by atoms with E-state index in [1.165, 1.54) is 10.5 Å². The van der Waals surface area contributed by atoms with Gasteiger partial charge in [0.2, 0.25) is 5.91 Å². The Labute approximate surface area is 184 Å². The van der Waals surface area contributed by atoms with Gasteiger partial charge in [0.25, 0.3) is 5.91 Å². The van der Waals surface area contributed by atoms with Crippen LogP contribution in [0.2, 0.25) is 0 Å². The van der Waals surface area contributed by atoms with Gasteiger partial charge in [0.1, 0.15) is 6.54 Å². The molecule has 160 valence electrons. The molecule has 2 amide bonds. The Hall–Kier alpha value is -3.44. The van der Waals surface area contributed by atoms with Crippen LogP contribution in [0.15, 0.2) is 84.9 Å². The fourth-order valence-corrected chi connectivity index (χ4v) is 3.50. The van der Waals surface area contributed by atoms with Crippen molar-refractivity contribution in [3.63, 3.8) is 0 Å². The van der Waals surface area contributed by atoms with Crippen molar-refractivity contribution in [2.45, 2.75) is 25.6 Å². The van der Waals surface area contributed by atoms with Crippen molar-refractivity contribution in [3.8, 4) is 0 Å². The smallest absolute Gasteiger partial charge is 0.251 e. The monoisotopic (exact) mass is 416 g/mol. The van der Waals surface area contributed by atoms with Crippen LogP contribution >= 0.6 is 0 Å². The lowest BCUT2D eigenvalue weighted by Crippen LogP contribution is -3.04. The second kappa shape index (κ2) is 11.1. The molecule has 5 heteroatoms. The fourth-order valence-electron chi connectivity index (χ4n) is 3.50. The van der Waals surface area contributed by atoms with Gasteiger partial charge >= 0.3 is 0 Å². The molecule has 3 aromatic carbocycles. The molecule has 0 unspecified atom stereocenters. The van der Waals surface area contributed by atoms with Crippen molar-refractivity contribution in [2.75, 3.05) is 14.1 Å². The number of rotatable bonds is 9. The van der Waals surface area contributed by atoms with E-state index in [4.69, 9.17) is 0 Å². The quantitative estimate of drug-likeness (QED) is 0.502. The third-order valence-corrected chi connectivity index (χ3v) is 5.07. The van der Waals surface area contributed by atoms with E-state index in [9.17, 15) is 9.59 Å². The number of carbonyl (C=O) groups is 2. The Kier molecular flexibility index (Phi) is 7.96. The maximum atomic E-state index is 12.8. The summed E-state index contributed by atoms with van der Waals surface area (Å²) in [5, 5.41) is 6.04. The summed E-state index contributed by atoms with van der Waals surface area (Å²) < 4.78 is 0. The van der Waals surface area contributed by atoms with Gasteiger partial charge < -0.3 is 15.5 Å². The summed E-state index contributed by atoms with van der Waals surface area (Å²) in [6, 6.07) is 26.4. The summed E-state index contributed by atoms with van der Waals surface area (Å²) in [4.78, 5) is 26.8. The van der Waals surface area contributed by atoms with Gasteiger partial charge in [0.05, 0.1) is 26.6 Å².